The molecule has 4 nitrogen and oxygen atoms in total. The van der Waals surface area contributed by atoms with Crippen LogP contribution in [0.25, 0.3) is 0 Å². The molecule has 3 N–H and O–H groups in total. The molecule has 82 valence electrons. The Kier molecular flexibility index (Phi) is 4.12. The highest BCUT2D eigenvalue weighted by atomic mass is 16.5. The van der Waals surface area contributed by atoms with Crippen LogP contribution in [0.15, 0.2) is 18.2 Å². The average molecular weight is 209 g/mol. The molecule has 0 amide bonds. The summed E-state index contributed by atoms with van der Waals surface area (Å²) in [6.07, 6.45) is 1.65. The Morgan fingerprint density at radius 3 is 2.87 bits per heavy atom. The highest BCUT2D eigenvalue weighted by Gasteiger charge is 2.11. The number of phenols is 1. The van der Waals surface area contributed by atoms with Crippen molar-refractivity contribution in [3.8, 4) is 5.75 Å². The number of methoxy groups -OCH3 is 1. The fourth-order valence-electron chi connectivity index (χ4n) is 1.32. The fraction of sp³-hybridized carbons (Fsp3) is 0.364. The zero-order chi connectivity index (χ0) is 11.3. The van der Waals surface area contributed by atoms with E-state index in [-0.39, 0.29) is 11.3 Å². The van der Waals surface area contributed by atoms with Gasteiger partial charge in [0.15, 0.2) is 0 Å². The van der Waals surface area contributed by atoms with Crippen molar-refractivity contribution in [2.45, 2.75) is 12.8 Å². The molecule has 0 saturated carbocycles. The minimum atomic E-state index is -0.526. The van der Waals surface area contributed by atoms with Gasteiger partial charge >= 0.3 is 5.97 Å². The van der Waals surface area contributed by atoms with E-state index in [4.69, 9.17) is 5.73 Å². The Morgan fingerprint density at radius 2 is 2.27 bits per heavy atom. The SMILES string of the molecule is COC(=O)c1cc(CCCN)ccc1O. The second kappa shape index (κ2) is 5.36. The molecule has 0 fully saturated rings. The smallest absolute Gasteiger partial charge is 0.341 e. The van der Waals surface area contributed by atoms with Crippen LogP contribution >= 0.6 is 0 Å². The highest BCUT2D eigenvalue weighted by Crippen LogP contribution is 2.19. The largest absolute Gasteiger partial charge is 0.507 e. The zero-order valence-corrected chi connectivity index (χ0v) is 8.69. The van der Waals surface area contributed by atoms with Gasteiger partial charge in [0.1, 0.15) is 11.3 Å². The van der Waals surface area contributed by atoms with E-state index in [1.807, 2.05) is 0 Å². The number of hydrogen-bond acceptors (Lipinski definition) is 4. The third-order valence-corrected chi connectivity index (χ3v) is 2.14. The first-order valence-corrected chi connectivity index (χ1v) is 4.79. The Labute approximate surface area is 88.7 Å². The third-order valence-electron chi connectivity index (χ3n) is 2.14. The summed E-state index contributed by atoms with van der Waals surface area (Å²) in [6, 6.07) is 4.91. The molecule has 0 aromatic heterocycles. The van der Waals surface area contributed by atoms with E-state index in [9.17, 15) is 9.90 Å². The number of carbonyl (C=O) groups is 1. The molecule has 0 unspecified atom stereocenters. The van der Waals surface area contributed by atoms with Crippen LogP contribution in [0, 0.1) is 0 Å². The van der Waals surface area contributed by atoms with E-state index in [0.29, 0.717) is 6.54 Å². The van der Waals surface area contributed by atoms with E-state index in [2.05, 4.69) is 4.74 Å². The summed E-state index contributed by atoms with van der Waals surface area (Å²) < 4.78 is 4.55. The molecule has 0 atom stereocenters. The Balaban J connectivity index is 2.89. The first kappa shape index (κ1) is 11.5. The topological polar surface area (TPSA) is 72.5 Å². The van der Waals surface area contributed by atoms with Gasteiger partial charge in [0.2, 0.25) is 0 Å². The molecule has 0 heterocycles. The Hall–Kier alpha value is -1.55. The van der Waals surface area contributed by atoms with Crippen molar-refractivity contribution >= 4 is 5.97 Å². The molecule has 0 spiro atoms. The number of benzene rings is 1. The van der Waals surface area contributed by atoms with E-state index < -0.39 is 5.97 Å². The first-order chi connectivity index (χ1) is 7.19. The highest BCUT2D eigenvalue weighted by molar-refractivity contribution is 5.92. The molecular formula is C11H15NO3. The summed E-state index contributed by atoms with van der Waals surface area (Å²) >= 11 is 0. The van der Waals surface area contributed by atoms with Crippen LogP contribution in [-0.4, -0.2) is 24.7 Å². The van der Waals surface area contributed by atoms with Crippen LogP contribution in [0.3, 0.4) is 0 Å². The van der Waals surface area contributed by atoms with Crippen molar-refractivity contribution in [1.29, 1.82) is 0 Å². The van der Waals surface area contributed by atoms with Crippen LogP contribution < -0.4 is 5.73 Å². The van der Waals surface area contributed by atoms with Gasteiger partial charge in [0.05, 0.1) is 7.11 Å². The lowest BCUT2D eigenvalue weighted by Crippen LogP contribution is -2.04. The average Bonchev–Trinajstić information content (AvgIpc) is 2.27. The number of aryl methyl sites for hydroxylation is 1. The second-order valence-electron chi connectivity index (χ2n) is 3.24. The predicted octanol–water partition coefficient (Wildman–Crippen LogP) is 1.07. The van der Waals surface area contributed by atoms with Crippen LogP contribution in [0.5, 0.6) is 5.75 Å². The summed E-state index contributed by atoms with van der Waals surface area (Å²) in [4.78, 5) is 11.3. The number of phenolic OH excluding ortho intramolecular Hbond substituents is 1. The lowest BCUT2D eigenvalue weighted by Gasteiger charge is -2.05. The minimum Gasteiger partial charge on any atom is -0.507 e. The van der Waals surface area contributed by atoms with Crippen molar-refractivity contribution in [3.63, 3.8) is 0 Å². The summed E-state index contributed by atoms with van der Waals surface area (Å²) in [5, 5.41) is 9.44. The monoisotopic (exact) mass is 209 g/mol. The van der Waals surface area contributed by atoms with E-state index >= 15 is 0 Å². The lowest BCUT2D eigenvalue weighted by atomic mass is 10.1. The number of esters is 1. The first-order valence-electron chi connectivity index (χ1n) is 4.79. The van der Waals surface area contributed by atoms with Gasteiger partial charge in [-0.1, -0.05) is 6.07 Å². The standard InChI is InChI=1S/C11H15NO3/c1-15-11(14)9-7-8(3-2-6-12)4-5-10(9)13/h4-5,7,13H,2-3,6,12H2,1H3. The molecular weight excluding hydrogens is 194 g/mol. The molecule has 0 aliphatic rings. The summed E-state index contributed by atoms with van der Waals surface area (Å²) in [6.45, 7) is 0.606. The van der Waals surface area contributed by atoms with Gasteiger partial charge in [0, 0.05) is 0 Å². The molecule has 1 aromatic carbocycles. The maximum atomic E-state index is 11.3. The van der Waals surface area contributed by atoms with Crippen LogP contribution in [-0.2, 0) is 11.2 Å². The number of aromatic hydroxyl groups is 1. The zero-order valence-electron chi connectivity index (χ0n) is 8.69. The molecule has 4 heteroatoms. The lowest BCUT2D eigenvalue weighted by molar-refractivity contribution is 0.0597. The van der Waals surface area contributed by atoms with Crippen LogP contribution in [0.1, 0.15) is 22.3 Å². The van der Waals surface area contributed by atoms with E-state index in [0.717, 1.165) is 18.4 Å². The van der Waals surface area contributed by atoms with Crippen LogP contribution in [0.4, 0.5) is 0 Å². The van der Waals surface area contributed by atoms with E-state index in [1.165, 1.54) is 13.2 Å². The Bertz CT molecular complexity index is 350. The van der Waals surface area contributed by atoms with Gasteiger partial charge in [-0.05, 0) is 37.1 Å². The quantitative estimate of drug-likeness (QED) is 0.727. The van der Waals surface area contributed by atoms with Crippen molar-refractivity contribution in [2.75, 3.05) is 13.7 Å². The summed E-state index contributed by atoms with van der Waals surface area (Å²) in [5.74, 6) is -0.583. The number of ether oxygens (including phenoxy) is 1. The minimum absolute atomic E-state index is 0.0571. The van der Waals surface area contributed by atoms with Gasteiger partial charge < -0.3 is 15.6 Å². The van der Waals surface area contributed by atoms with Gasteiger partial charge in [-0.25, -0.2) is 4.79 Å². The molecule has 1 aromatic rings. The predicted molar refractivity (Wildman–Crippen MR) is 56.8 cm³/mol. The van der Waals surface area contributed by atoms with E-state index in [1.54, 1.807) is 12.1 Å². The number of rotatable bonds is 4. The second-order valence-corrected chi connectivity index (χ2v) is 3.24. The number of hydrogen-bond donors (Lipinski definition) is 2. The van der Waals surface area contributed by atoms with Gasteiger partial charge in [-0.15, -0.1) is 0 Å². The van der Waals surface area contributed by atoms with Gasteiger partial charge in [-0.3, -0.25) is 0 Å². The number of nitrogens with two attached hydrogens (primary N) is 1. The van der Waals surface area contributed by atoms with Gasteiger partial charge in [-0.2, -0.15) is 0 Å². The fourth-order valence-corrected chi connectivity index (χ4v) is 1.32. The molecule has 0 aliphatic carbocycles. The normalized spacial score (nSPS) is 10.0. The number of carbonyl (C=O) groups excluding carboxylic acids is 1. The van der Waals surface area contributed by atoms with Crippen LogP contribution in [0.2, 0.25) is 0 Å². The Morgan fingerprint density at radius 1 is 1.53 bits per heavy atom. The molecule has 0 saturated heterocycles. The molecule has 1 rings (SSSR count). The molecule has 15 heavy (non-hydrogen) atoms. The summed E-state index contributed by atoms with van der Waals surface area (Å²) in [7, 11) is 1.29. The van der Waals surface area contributed by atoms with Crippen molar-refractivity contribution in [1.82, 2.24) is 0 Å². The van der Waals surface area contributed by atoms with Crippen molar-refractivity contribution in [2.24, 2.45) is 5.73 Å². The molecule has 0 bridgehead atoms. The van der Waals surface area contributed by atoms with Crippen molar-refractivity contribution in [3.05, 3.63) is 29.3 Å². The van der Waals surface area contributed by atoms with Gasteiger partial charge in [0.25, 0.3) is 0 Å². The maximum absolute atomic E-state index is 11.3. The van der Waals surface area contributed by atoms with Crippen molar-refractivity contribution < 1.29 is 14.6 Å². The maximum Gasteiger partial charge on any atom is 0.341 e. The summed E-state index contributed by atoms with van der Waals surface area (Å²) in [5.41, 5.74) is 6.56. The molecule has 0 aliphatic heterocycles. The third kappa shape index (κ3) is 2.95. The molecule has 0 radical (unpaired) electrons.